The SMILES string of the molecule is CCC(CC(=O)O)CN1C(=O)C(C)C(C)C1=O. The number of rotatable bonds is 5. The number of carboxylic acids is 1. The molecule has 1 saturated heterocycles. The molecule has 1 aliphatic rings. The van der Waals surface area contributed by atoms with Gasteiger partial charge in [-0.15, -0.1) is 0 Å². The van der Waals surface area contributed by atoms with E-state index in [2.05, 4.69) is 0 Å². The summed E-state index contributed by atoms with van der Waals surface area (Å²) in [4.78, 5) is 35.5. The first-order chi connectivity index (χ1) is 7.88. The number of carboxylic acid groups (broad SMARTS) is 1. The molecule has 96 valence electrons. The van der Waals surface area contributed by atoms with Crippen molar-refractivity contribution in [1.29, 1.82) is 0 Å². The molecule has 1 aliphatic heterocycles. The van der Waals surface area contributed by atoms with Gasteiger partial charge in [0.05, 0.1) is 0 Å². The van der Waals surface area contributed by atoms with Gasteiger partial charge in [0.15, 0.2) is 0 Å². The van der Waals surface area contributed by atoms with E-state index in [0.29, 0.717) is 6.42 Å². The van der Waals surface area contributed by atoms with E-state index in [4.69, 9.17) is 5.11 Å². The van der Waals surface area contributed by atoms with Crippen LogP contribution in [0.5, 0.6) is 0 Å². The second kappa shape index (κ2) is 5.29. The van der Waals surface area contributed by atoms with Gasteiger partial charge < -0.3 is 5.11 Å². The quantitative estimate of drug-likeness (QED) is 0.732. The number of carbonyl (C=O) groups excluding carboxylic acids is 2. The molecule has 2 amide bonds. The molecule has 0 radical (unpaired) electrons. The molecule has 1 heterocycles. The van der Waals surface area contributed by atoms with Crippen molar-refractivity contribution in [2.75, 3.05) is 6.54 Å². The second-order valence-corrected chi connectivity index (χ2v) is 4.74. The highest BCUT2D eigenvalue weighted by atomic mass is 16.4. The van der Waals surface area contributed by atoms with Crippen molar-refractivity contribution in [3.63, 3.8) is 0 Å². The predicted molar refractivity (Wildman–Crippen MR) is 61.1 cm³/mol. The number of hydrogen-bond donors (Lipinski definition) is 1. The van der Waals surface area contributed by atoms with Crippen LogP contribution in [0.1, 0.15) is 33.6 Å². The highest BCUT2D eigenvalue weighted by Crippen LogP contribution is 2.27. The topological polar surface area (TPSA) is 74.7 Å². The molecule has 0 saturated carbocycles. The molecule has 0 aliphatic carbocycles. The van der Waals surface area contributed by atoms with Gasteiger partial charge in [-0.05, 0) is 5.92 Å². The molecule has 5 heteroatoms. The molecular formula is C12H19NO4. The Morgan fingerprint density at radius 3 is 2.12 bits per heavy atom. The summed E-state index contributed by atoms with van der Waals surface area (Å²) < 4.78 is 0. The molecule has 0 aromatic carbocycles. The van der Waals surface area contributed by atoms with E-state index in [1.807, 2.05) is 6.92 Å². The lowest BCUT2D eigenvalue weighted by Gasteiger charge is -2.20. The largest absolute Gasteiger partial charge is 0.481 e. The van der Waals surface area contributed by atoms with E-state index >= 15 is 0 Å². The minimum Gasteiger partial charge on any atom is -0.481 e. The van der Waals surface area contributed by atoms with Crippen LogP contribution in [0.25, 0.3) is 0 Å². The van der Waals surface area contributed by atoms with E-state index in [-0.39, 0.29) is 42.5 Å². The van der Waals surface area contributed by atoms with Gasteiger partial charge >= 0.3 is 5.97 Å². The number of carbonyl (C=O) groups is 3. The zero-order valence-corrected chi connectivity index (χ0v) is 10.5. The molecule has 0 aromatic heterocycles. The van der Waals surface area contributed by atoms with E-state index < -0.39 is 5.97 Å². The van der Waals surface area contributed by atoms with Crippen LogP contribution in [0.15, 0.2) is 0 Å². The third-order valence-corrected chi connectivity index (χ3v) is 3.54. The monoisotopic (exact) mass is 241 g/mol. The van der Waals surface area contributed by atoms with E-state index in [9.17, 15) is 14.4 Å². The minimum absolute atomic E-state index is 0.00365. The van der Waals surface area contributed by atoms with Crippen LogP contribution in [-0.2, 0) is 14.4 Å². The van der Waals surface area contributed by atoms with Crippen molar-refractivity contribution in [1.82, 2.24) is 4.90 Å². The maximum absolute atomic E-state index is 11.8. The number of nitrogens with zero attached hydrogens (tertiary/aromatic N) is 1. The van der Waals surface area contributed by atoms with Gasteiger partial charge in [0.2, 0.25) is 11.8 Å². The van der Waals surface area contributed by atoms with Crippen molar-refractivity contribution in [2.24, 2.45) is 17.8 Å². The van der Waals surface area contributed by atoms with Crippen molar-refractivity contribution in [3.8, 4) is 0 Å². The van der Waals surface area contributed by atoms with Crippen LogP contribution >= 0.6 is 0 Å². The van der Waals surface area contributed by atoms with Gasteiger partial charge in [0.25, 0.3) is 0 Å². The fourth-order valence-corrected chi connectivity index (χ4v) is 2.05. The lowest BCUT2D eigenvalue weighted by molar-refractivity contribution is -0.143. The fourth-order valence-electron chi connectivity index (χ4n) is 2.05. The van der Waals surface area contributed by atoms with Crippen molar-refractivity contribution < 1.29 is 19.5 Å². The lowest BCUT2D eigenvalue weighted by Crippen LogP contribution is -2.36. The summed E-state index contributed by atoms with van der Waals surface area (Å²) in [6, 6.07) is 0. The predicted octanol–water partition coefficient (Wildman–Crippen LogP) is 1.13. The van der Waals surface area contributed by atoms with E-state index in [1.165, 1.54) is 4.90 Å². The summed E-state index contributed by atoms with van der Waals surface area (Å²) in [5.74, 6) is -1.97. The highest BCUT2D eigenvalue weighted by Gasteiger charge is 2.42. The smallest absolute Gasteiger partial charge is 0.303 e. The Morgan fingerprint density at radius 1 is 1.29 bits per heavy atom. The molecule has 5 nitrogen and oxygen atoms in total. The summed E-state index contributed by atoms with van der Waals surface area (Å²) >= 11 is 0. The van der Waals surface area contributed by atoms with Crippen LogP contribution < -0.4 is 0 Å². The van der Waals surface area contributed by atoms with Crippen LogP contribution in [0.2, 0.25) is 0 Å². The van der Waals surface area contributed by atoms with Gasteiger partial charge in [0, 0.05) is 24.8 Å². The Hall–Kier alpha value is -1.39. The molecule has 0 bridgehead atoms. The standard InChI is InChI=1S/C12H19NO4/c1-4-9(5-10(14)15)6-13-11(16)7(2)8(3)12(13)17/h7-9H,4-6H2,1-3H3,(H,14,15). The van der Waals surface area contributed by atoms with Gasteiger partial charge in [-0.1, -0.05) is 27.2 Å². The number of hydrogen-bond acceptors (Lipinski definition) is 3. The average Bonchev–Trinajstić information content (AvgIpc) is 2.45. The summed E-state index contributed by atoms with van der Waals surface area (Å²) in [6.45, 7) is 5.58. The van der Waals surface area contributed by atoms with Crippen LogP contribution in [0.3, 0.4) is 0 Å². The van der Waals surface area contributed by atoms with Gasteiger partial charge in [0.1, 0.15) is 0 Å². The normalized spacial score (nSPS) is 26.4. The first-order valence-electron chi connectivity index (χ1n) is 5.95. The first kappa shape index (κ1) is 13.7. The summed E-state index contributed by atoms with van der Waals surface area (Å²) in [7, 11) is 0. The fraction of sp³-hybridized carbons (Fsp3) is 0.750. The minimum atomic E-state index is -0.892. The van der Waals surface area contributed by atoms with Crippen LogP contribution in [0.4, 0.5) is 0 Å². The van der Waals surface area contributed by atoms with Gasteiger partial charge in [-0.3, -0.25) is 19.3 Å². The third-order valence-electron chi connectivity index (χ3n) is 3.54. The van der Waals surface area contributed by atoms with E-state index in [0.717, 1.165) is 0 Å². The Labute approximate surface area is 101 Å². The molecule has 1 fully saturated rings. The van der Waals surface area contributed by atoms with Gasteiger partial charge in [-0.25, -0.2) is 0 Å². The van der Waals surface area contributed by atoms with Crippen molar-refractivity contribution in [3.05, 3.63) is 0 Å². The maximum atomic E-state index is 11.8. The third kappa shape index (κ3) is 2.84. The second-order valence-electron chi connectivity index (χ2n) is 4.74. The zero-order chi connectivity index (χ0) is 13.2. The van der Waals surface area contributed by atoms with Gasteiger partial charge in [-0.2, -0.15) is 0 Å². The first-order valence-corrected chi connectivity index (χ1v) is 5.95. The Morgan fingerprint density at radius 2 is 1.76 bits per heavy atom. The lowest BCUT2D eigenvalue weighted by atomic mass is 10.00. The number of amides is 2. The average molecular weight is 241 g/mol. The molecule has 0 aromatic rings. The summed E-state index contributed by atoms with van der Waals surface area (Å²) in [5, 5.41) is 8.74. The Kier molecular flexibility index (Phi) is 4.26. The maximum Gasteiger partial charge on any atom is 0.303 e. The van der Waals surface area contributed by atoms with Crippen LogP contribution in [0, 0.1) is 17.8 Å². The summed E-state index contributed by atoms with van der Waals surface area (Å²) in [6.07, 6.45) is 0.641. The molecule has 17 heavy (non-hydrogen) atoms. The molecule has 3 unspecified atom stereocenters. The Balaban J connectivity index is 2.70. The Bertz CT molecular complexity index is 319. The number of likely N-dealkylation sites (tertiary alicyclic amines) is 1. The highest BCUT2D eigenvalue weighted by molar-refractivity contribution is 6.04. The summed E-state index contributed by atoms with van der Waals surface area (Å²) in [5.41, 5.74) is 0. The molecule has 1 rings (SSSR count). The van der Waals surface area contributed by atoms with Crippen LogP contribution in [-0.4, -0.2) is 34.3 Å². The van der Waals surface area contributed by atoms with Crippen molar-refractivity contribution >= 4 is 17.8 Å². The molecular weight excluding hydrogens is 222 g/mol. The number of imide groups is 1. The number of aliphatic carboxylic acids is 1. The van der Waals surface area contributed by atoms with Crippen molar-refractivity contribution in [2.45, 2.75) is 33.6 Å². The molecule has 1 N–H and O–H groups in total. The zero-order valence-electron chi connectivity index (χ0n) is 10.5. The molecule has 3 atom stereocenters. The molecule has 0 spiro atoms. The van der Waals surface area contributed by atoms with E-state index in [1.54, 1.807) is 13.8 Å².